The largest absolute Gasteiger partial charge is 0.308 e. The average Bonchev–Trinajstić information content (AvgIpc) is 2.73. The molecule has 0 spiro atoms. The first-order valence-corrected chi connectivity index (χ1v) is 5.71. The molecule has 2 aromatic rings. The van der Waals surface area contributed by atoms with Crippen molar-refractivity contribution < 1.29 is 0 Å². The van der Waals surface area contributed by atoms with Crippen molar-refractivity contribution in [1.29, 1.82) is 0 Å². The minimum atomic E-state index is 0.0485. The van der Waals surface area contributed by atoms with Gasteiger partial charge in [0.2, 0.25) is 0 Å². The number of rotatable bonds is 4. The van der Waals surface area contributed by atoms with E-state index in [1.54, 1.807) is 18.6 Å². The Labute approximate surface area is 101 Å². The van der Waals surface area contributed by atoms with Gasteiger partial charge in [-0.15, -0.1) is 0 Å². The maximum atomic E-state index is 4.45. The van der Waals surface area contributed by atoms with Crippen molar-refractivity contribution in [2.75, 3.05) is 7.05 Å². The highest BCUT2D eigenvalue weighted by atomic mass is 15.3. The van der Waals surface area contributed by atoms with Crippen LogP contribution in [0.2, 0.25) is 0 Å². The fourth-order valence-corrected chi connectivity index (χ4v) is 1.99. The van der Waals surface area contributed by atoms with Crippen molar-refractivity contribution in [3.8, 4) is 0 Å². The molecule has 1 N–H and O–H groups in total. The summed E-state index contributed by atoms with van der Waals surface area (Å²) in [6.07, 6.45) is 8.12. The zero-order chi connectivity index (χ0) is 12.3. The molecule has 1 atom stereocenters. The van der Waals surface area contributed by atoms with Gasteiger partial charge in [-0.2, -0.15) is 5.10 Å². The van der Waals surface area contributed by atoms with Gasteiger partial charge >= 0.3 is 0 Å². The summed E-state index contributed by atoms with van der Waals surface area (Å²) in [7, 11) is 3.86. The topological polar surface area (TPSA) is 55.6 Å². The minimum absolute atomic E-state index is 0.0485. The highest BCUT2D eigenvalue weighted by molar-refractivity contribution is 5.28. The summed E-state index contributed by atoms with van der Waals surface area (Å²) in [5.74, 6) is 0. The molecule has 0 radical (unpaired) electrons. The van der Waals surface area contributed by atoms with Gasteiger partial charge in [-0.05, 0) is 13.5 Å². The fraction of sp³-hybridized carbons (Fsp3) is 0.417. The van der Waals surface area contributed by atoms with Crippen LogP contribution in [0.25, 0.3) is 0 Å². The SMILES string of the molecule is CCc1nn(C)cc1C(NC)c1cnccn1. The standard InChI is InChI=1S/C12H17N5/c1-4-10-9(8-17(3)16-10)12(13-2)11-7-14-5-6-15-11/h5-8,12-13H,4H2,1-3H3. The molecule has 0 aliphatic heterocycles. The van der Waals surface area contributed by atoms with E-state index in [4.69, 9.17) is 0 Å². The molecule has 0 aromatic carbocycles. The van der Waals surface area contributed by atoms with Crippen LogP contribution in [0.4, 0.5) is 0 Å². The predicted octanol–water partition coefficient (Wildman–Crippen LogP) is 1.08. The maximum absolute atomic E-state index is 4.45. The van der Waals surface area contributed by atoms with Gasteiger partial charge in [-0.1, -0.05) is 6.92 Å². The van der Waals surface area contributed by atoms with Gasteiger partial charge in [0.25, 0.3) is 0 Å². The summed E-state index contributed by atoms with van der Waals surface area (Å²) >= 11 is 0. The maximum Gasteiger partial charge on any atom is 0.0802 e. The molecule has 2 aromatic heterocycles. The van der Waals surface area contributed by atoms with Crippen LogP contribution < -0.4 is 5.32 Å². The molecule has 5 heteroatoms. The van der Waals surface area contributed by atoms with Crippen LogP contribution >= 0.6 is 0 Å². The zero-order valence-electron chi connectivity index (χ0n) is 10.4. The number of aromatic nitrogens is 4. The molecule has 0 saturated carbocycles. The lowest BCUT2D eigenvalue weighted by Crippen LogP contribution is -2.19. The van der Waals surface area contributed by atoms with Gasteiger partial charge in [0.1, 0.15) is 0 Å². The van der Waals surface area contributed by atoms with E-state index in [1.165, 1.54) is 0 Å². The fourth-order valence-electron chi connectivity index (χ4n) is 1.99. The average molecular weight is 231 g/mol. The highest BCUT2D eigenvalue weighted by Crippen LogP contribution is 2.22. The molecule has 1 unspecified atom stereocenters. The lowest BCUT2D eigenvalue weighted by atomic mass is 10.0. The van der Waals surface area contributed by atoms with Crippen molar-refractivity contribution in [2.45, 2.75) is 19.4 Å². The van der Waals surface area contributed by atoms with Crippen LogP contribution in [-0.2, 0) is 13.5 Å². The number of nitrogens with zero attached hydrogens (tertiary/aromatic N) is 4. The number of hydrogen-bond donors (Lipinski definition) is 1. The van der Waals surface area contributed by atoms with E-state index in [9.17, 15) is 0 Å². The monoisotopic (exact) mass is 231 g/mol. The second-order valence-corrected chi connectivity index (χ2v) is 3.91. The van der Waals surface area contributed by atoms with Crippen LogP contribution in [0, 0.1) is 0 Å². The summed E-state index contributed by atoms with van der Waals surface area (Å²) in [4.78, 5) is 8.46. The quantitative estimate of drug-likeness (QED) is 0.855. The molecule has 5 nitrogen and oxygen atoms in total. The minimum Gasteiger partial charge on any atom is -0.308 e. The molecule has 0 saturated heterocycles. The van der Waals surface area contributed by atoms with E-state index in [2.05, 4.69) is 27.3 Å². The summed E-state index contributed by atoms with van der Waals surface area (Å²) in [5, 5.41) is 7.72. The normalized spacial score (nSPS) is 12.6. The number of aryl methyl sites for hydroxylation is 2. The van der Waals surface area contributed by atoms with Crippen LogP contribution in [0.1, 0.15) is 29.9 Å². The Morgan fingerprint density at radius 1 is 1.41 bits per heavy atom. The highest BCUT2D eigenvalue weighted by Gasteiger charge is 2.19. The first-order valence-electron chi connectivity index (χ1n) is 5.71. The molecule has 0 fully saturated rings. The van der Waals surface area contributed by atoms with Crippen LogP contribution in [0.3, 0.4) is 0 Å². The third-order valence-corrected chi connectivity index (χ3v) is 2.75. The van der Waals surface area contributed by atoms with Gasteiger partial charge in [0.15, 0.2) is 0 Å². The smallest absolute Gasteiger partial charge is 0.0802 e. The summed E-state index contributed by atoms with van der Waals surface area (Å²) in [6.45, 7) is 2.11. The zero-order valence-corrected chi connectivity index (χ0v) is 10.4. The van der Waals surface area contributed by atoms with Crippen LogP contribution in [-0.4, -0.2) is 26.8 Å². The van der Waals surface area contributed by atoms with Crippen LogP contribution in [0.15, 0.2) is 24.8 Å². The van der Waals surface area contributed by atoms with Crippen molar-refractivity contribution in [3.05, 3.63) is 41.7 Å². The van der Waals surface area contributed by atoms with Crippen molar-refractivity contribution in [2.24, 2.45) is 7.05 Å². The molecule has 90 valence electrons. The van der Waals surface area contributed by atoms with E-state index in [-0.39, 0.29) is 6.04 Å². The Bertz CT molecular complexity index is 477. The lowest BCUT2D eigenvalue weighted by Gasteiger charge is -2.14. The Morgan fingerprint density at radius 3 is 2.82 bits per heavy atom. The van der Waals surface area contributed by atoms with E-state index in [0.717, 1.165) is 23.4 Å². The molecule has 0 aliphatic carbocycles. The van der Waals surface area contributed by atoms with Gasteiger partial charge in [0.05, 0.1) is 23.6 Å². The second-order valence-electron chi connectivity index (χ2n) is 3.91. The molecule has 0 amide bonds. The number of hydrogen-bond acceptors (Lipinski definition) is 4. The Balaban J connectivity index is 2.42. The first kappa shape index (κ1) is 11.7. The molecule has 17 heavy (non-hydrogen) atoms. The molecule has 0 aliphatic rings. The Morgan fingerprint density at radius 2 is 2.24 bits per heavy atom. The van der Waals surface area contributed by atoms with E-state index >= 15 is 0 Å². The van der Waals surface area contributed by atoms with Gasteiger partial charge < -0.3 is 5.32 Å². The summed E-state index contributed by atoms with van der Waals surface area (Å²) in [6, 6.07) is 0.0485. The van der Waals surface area contributed by atoms with Crippen molar-refractivity contribution >= 4 is 0 Å². The Hall–Kier alpha value is -1.75. The molecular formula is C12H17N5. The number of nitrogens with one attached hydrogen (secondary N) is 1. The van der Waals surface area contributed by atoms with E-state index in [0.29, 0.717) is 0 Å². The van der Waals surface area contributed by atoms with Crippen molar-refractivity contribution in [1.82, 2.24) is 25.1 Å². The lowest BCUT2D eigenvalue weighted by molar-refractivity contribution is 0.660. The van der Waals surface area contributed by atoms with E-state index < -0.39 is 0 Å². The first-order chi connectivity index (χ1) is 8.26. The second kappa shape index (κ2) is 5.05. The van der Waals surface area contributed by atoms with Crippen LogP contribution in [0.5, 0.6) is 0 Å². The van der Waals surface area contributed by atoms with E-state index in [1.807, 2.05) is 25.0 Å². The van der Waals surface area contributed by atoms with Gasteiger partial charge in [-0.3, -0.25) is 14.6 Å². The predicted molar refractivity (Wildman–Crippen MR) is 65.5 cm³/mol. The third-order valence-electron chi connectivity index (χ3n) is 2.75. The molecule has 0 bridgehead atoms. The van der Waals surface area contributed by atoms with Crippen molar-refractivity contribution in [3.63, 3.8) is 0 Å². The molecular weight excluding hydrogens is 214 g/mol. The van der Waals surface area contributed by atoms with Gasteiger partial charge in [0, 0.05) is 31.2 Å². The Kier molecular flexibility index (Phi) is 3.49. The third kappa shape index (κ3) is 2.34. The summed E-state index contributed by atoms with van der Waals surface area (Å²) < 4.78 is 1.84. The summed E-state index contributed by atoms with van der Waals surface area (Å²) in [5.41, 5.74) is 3.17. The molecule has 2 rings (SSSR count). The van der Waals surface area contributed by atoms with Gasteiger partial charge in [-0.25, -0.2) is 0 Å². The molecule has 2 heterocycles.